The second kappa shape index (κ2) is 8.57. The van der Waals surface area contributed by atoms with Crippen LogP contribution >= 0.6 is 11.6 Å². The number of aromatic nitrogens is 2. The fourth-order valence-corrected chi connectivity index (χ4v) is 3.39. The van der Waals surface area contributed by atoms with E-state index in [9.17, 15) is 4.79 Å². The predicted octanol–water partition coefficient (Wildman–Crippen LogP) is 4.01. The highest BCUT2D eigenvalue weighted by atomic mass is 35.5. The number of rotatable bonds is 5. The van der Waals surface area contributed by atoms with Gasteiger partial charge in [0.05, 0.1) is 0 Å². The van der Waals surface area contributed by atoms with E-state index >= 15 is 0 Å². The number of halogens is 1. The van der Waals surface area contributed by atoms with Crippen LogP contribution in [0.2, 0.25) is 5.02 Å². The van der Waals surface area contributed by atoms with Gasteiger partial charge in [0, 0.05) is 43.2 Å². The molecule has 7 heteroatoms. The molecule has 2 heterocycles. The van der Waals surface area contributed by atoms with Gasteiger partial charge in [-0.2, -0.15) is 0 Å². The maximum absolute atomic E-state index is 12.4. The van der Waals surface area contributed by atoms with Gasteiger partial charge in [-0.15, -0.1) is 0 Å². The van der Waals surface area contributed by atoms with Crippen LogP contribution in [0, 0.1) is 5.92 Å². The number of benzene rings is 1. The van der Waals surface area contributed by atoms with Crippen LogP contribution in [-0.4, -0.2) is 46.5 Å². The van der Waals surface area contributed by atoms with Crippen molar-refractivity contribution in [2.45, 2.75) is 33.2 Å². The lowest BCUT2D eigenvalue weighted by Gasteiger charge is -2.40. The number of ether oxygens (including phenoxy) is 1. The first-order valence-corrected chi connectivity index (χ1v) is 9.60. The van der Waals surface area contributed by atoms with Crippen LogP contribution in [-0.2, 0) is 4.79 Å². The highest BCUT2D eigenvalue weighted by molar-refractivity contribution is 6.30. The number of piperazine rings is 1. The van der Waals surface area contributed by atoms with Gasteiger partial charge in [0.2, 0.25) is 11.8 Å². The van der Waals surface area contributed by atoms with E-state index < -0.39 is 0 Å². The SMILES string of the molecule is CC(C)CC(=O)N1CCN(c2cc(Oc3cccc(Cl)c3)ncn2)C[C@H]1C. The monoisotopic (exact) mass is 388 g/mol. The number of nitrogens with zero attached hydrogens (tertiary/aromatic N) is 4. The van der Waals surface area contributed by atoms with Crippen LogP contribution in [0.1, 0.15) is 27.2 Å². The van der Waals surface area contributed by atoms with Crippen molar-refractivity contribution in [2.75, 3.05) is 24.5 Å². The van der Waals surface area contributed by atoms with Gasteiger partial charge in [-0.25, -0.2) is 9.97 Å². The molecule has 6 nitrogen and oxygen atoms in total. The van der Waals surface area contributed by atoms with Crippen molar-refractivity contribution in [1.82, 2.24) is 14.9 Å². The lowest BCUT2D eigenvalue weighted by atomic mass is 10.1. The lowest BCUT2D eigenvalue weighted by Crippen LogP contribution is -2.54. The third kappa shape index (κ3) is 5.10. The summed E-state index contributed by atoms with van der Waals surface area (Å²) < 4.78 is 5.79. The predicted molar refractivity (Wildman–Crippen MR) is 106 cm³/mol. The molecule has 144 valence electrons. The summed E-state index contributed by atoms with van der Waals surface area (Å²) >= 11 is 6.00. The molecule has 1 fully saturated rings. The molecule has 27 heavy (non-hydrogen) atoms. The Bertz CT molecular complexity index is 799. The average Bonchev–Trinajstić information content (AvgIpc) is 2.61. The largest absolute Gasteiger partial charge is 0.439 e. The summed E-state index contributed by atoms with van der Waals surface area (Å²) in [5.41, 5.74) is 0. The Morgan fingerprint density at radius 1 is 1.30 bits per heavy atom. The minimum absolute atomic E-state index is 0.136. The Morgan fingerprint density at radius 2 is 2.11 bits per heavy atom. The Hall–Kier alpha value is -2.34. The van der Waals surface area contributed by atoms with Gasteiger partial charge in [-0.05, 0) is 31.0 Å². The number of anilines is 1. The third-order valence-electron chi connectivity index (χ3n) is 4.50. The van der Waals surface area contributed by atoms with Crippen molar-refractivity contribution < 1.29 is 9.53 Å². The molecular formula is C20H25ClN4O2. The second-order valence-corrected chi connectivity index (χ2v) is 7.69. The van der Waals surface area contributed by atoms with Crippen LogP contribution in [0.25, 0.3) is 0 Å². The second-order valence-electron chi connectivity index (χ2n) is 7.25. The van der Waals surface area contributed by atoms with E-state index in [0.717, 1.165) is 18.9 Å². The maximum atomic E-state index is 12.4. The summed E-state index contributed by atoms with van der Waals surface area (Å²) in [6, 6.07) is 9.14. The molecule has 1 saturated heterocycles. The molecule has 0 aliphatic carbocycles. The number of hydrogen-bond acceptors (Lipinski definition) is 5. The molecule has 0 bridgehead atoms. The molecule has 1 aromatic carbocycles. The topological polar surface area (TPSA) is 58.6 Å². The Morgan fingerprint density at radius 3 is 2.81 bits per heavy atom. The number of amides is 1. The third-order valence-corrected chi connectivity index (χ3v) is 4.74. The molecule has 1 aliphatic heterocycles. The quantitative estimate of drug-likeness (QED) is 0.774. The van der Waals surface area contributed by atoms with Gasteiger partial charge in [0.25, 0.3) is 0 Å². The highest BCUT2D eigenvalue weighted by Crippen LogP contribution is 2.26. The highest BCUT2D eigenvalue weighted by Gasteiger charge is 2.28. The van der Waals surface area contributed by atoms with Crippen LogP contribution in [0.4, 0.5) is 5.82 Å². The summed E-state index contributed by atoms with van der Waals surface area (Å²) in [6.45, 7) is 8.39. The number of carbonyl (C=O) groups is 1. The average molecular weight is 389 g/mol. The smallest absolute Gasteiger partial charge is 0.224 e. The minimum atomic E-state index is 0.136. The van der Waals surface area contributed by atoms with Gasteiger partial charge in [-0.1, -0.05) is 31.5 Å². The van der Waals surface area contributed by atoms with Crippen molar-refractivity contribution in [1.29, 1.82) is 0 Å². The van der Waals surface area contributed by atoms with Crippen LogP contribution in [0.15, 0.2) is 36.7 Å². The van der Waals surface area contributed by atoms with Crippen molar-refractivity contribution in [3.05, 3.63) is 41.7 Å². The first-order chi connectivity index (χ1) is 12.9. The standard InChI is InChI=1S/C20H25ClN4O2/c1-14(2)9-20(26)25-8-7-24(12-15(25)3)18-11-19(23-13-22-18)27-17-6-4-5-16(21)10-17/h4-6,10-11,13-15H,7-9,12H2,1-3H3/t15-/m1/s1. The normalized spacial score (nSPS) is 17.3. The molecule has 0 spiro atoms. The summed E-state index contributed by atoms with van der Waals surface area (Å²) in [5, 5.41) is 0.609. The lowest BCUT2D eigenvalue weighted by molar-refractivity contribution is -0.134. The van der Waals surface area contributed by atoms with E-state index in [4.69, 9.17) is 16.3 Å². The molecule has 2 aromatic rings. The fourth-order valence-electron chi connectivity index (χ4n) is 3.21. The van der Waals surface area contributed by atoms with E-state index in [2.05, 4.69) is 35.6 Å². The first kappa shape index (κ1) is 19.4. The van der Waals surface area contributed by atoms with E-state index in [0.29, 0.717) is 35.5 Å². The van der Waals surface area contributed by atoms with Gasteiger partial charge < -0.3 is 14.5 Å². The molecular weight excluding hydrogens is 364 g/mol. The molecule has 1 aliphatic rings. The molecule has 0 radical (unpaired) electrons. The Kier molecular flexibility index (Phi) is 6.16. The van der Waals surface area contributed by atoms with Crippen LogP contribution in [0.3, 0.4) is 0 Å². The number of hydrogen-bond donors (Lipinski definition) is 0. The summed E-state index contributed by atoms with van der Waals surface area (Å²) in [4.78, 5) is 25.1. The van der Waals surface area contributed by atoms with E-state index in [1.165, 1.54) is 6.33 Å². The molecule has 0 saturated carbocycles. The molecule has 0 N–H and O–H groups in total. The molecule has 1 aromatic heterocycles. The van der Waals surface area contributed by atoms with Crippen molar-refractivity contribution >= 4 is 23.3 Å². The molecule has 3 rings (SSSR count). The van der Waals surface area contributed by atoms with Crippen molar-refractivity contribution in [3.8, 4) is 11.6 Å². The van der Waals surface area contributed by atoms with Gasteiger partial charge >= 0.3 is 0 Å². The van der Waals surface area contributed by atoms with E-state index in [1.807, 2.05) is 23.1 Å². The van der Waals surface area contributed by atoms with Gasteiger partial charge in [0.1, 0.15) is 17.9 Å². The van der Waals surface area contributed by atoms with E-state index in [-0.39, 0.29) is 11.9 Å². The molecule has 1 amide bonds. The summed E-state index contributed by atoms with van der Waals surface area (Å²) in [5.74, 6) is 2.49. The molecule has 0 unspecified atom stereocenters. The Labute approximate surface area is 165 Å². The molecule has 1 atom stereocenters. The van der Waals surface area contributed by atoms with E-state index in [1.54, 1.807) is 12.1 Å². The zero-order valence-electron chi connectivity index (χ0n) is 15.9. The Balaban J connectivity index is 1.66. The van der Waals surface area contributed by atoms with Crippen molar-refractivity contribution in [3.63, 3.8) is 0 Å². The van der Waals surface area contributed by atoms with Gasteiger partial charge in [0.15, 0.2) is 0 Å². The van der Waals surface area contributed by atoms with Gasteiger partial charge in [-0.3, -0.25) is 4.79 Å². The number of carbonyl (C=O) groups excluding carboxylic acids is 1. The maximum Gasteiger partial charge on any atom is 0.224 e. The van der Waals surface area contributed by atoms with Crippen LogP contribution < -0.4 is 9.64 Å². The summed E-state index contributed by atoms with van der Waals surface area (Å²) in [7, 11) is 0. The zero-order chi connectivity index (χ0) is 19.4. The van der Waals surface area contributed by atoms with Crippen molar-refractivity contribution in [2.24, 2.45) is 5.92 Å². The first-order valence-electron chi connectivity index (χ1n) is 9.22. The zero-order valence-corrected chi connectivity index (χ0v) is 16.7. The van der Waals surface area contributed by atoms with Crippen LogP contribution in [0.5, 0.6) is 11.6 Å². The fraction of sp³-hybridized carbons (Fsp3) is 0.450. The summed E-state index contributed by atoms with van der Waals surface area (Å²) in [6.07, 6.45) is 2.09. The minimum Gasteiger partial charge on any atom is -0.439 e.